The molecule has 0 aromatic rings. The lowest BCUT2D eigenvalue weighted by molar-refractivity contribution is -0.181. The molecule has 11 heteroatoms. The highest BCUT2D eigenvalue weighted by atomic mass is 28.4. The van der Waals surface area contributed by atoms with Gasteiger partial charge in [-0.2, -0.15) is 0 Å². The largest absolute Gasteiger partial charge is 0.501 e. The Morgan fingerprint density at radius 2 is 1.33 bits per heavy atom. The molecule has 0 saturated carbocycles. The predicted octanol–water partition coefficient (Wildman–Crippen LogP) is 1.30. The number of methoxy groups -OCH3 is 1. The van der Waals surface area contributed by atoms with Crippen LogP contribution < -0.4 is 0 Å². The first-order valence-corrected chi connectivity index (χ1v) is 10.7. The van der Waals surface area contributed by atoms with Crippen molar-refractivity contribution in [3.63, 3.8) is 0 Å². The van der Waals surface area contributed by atoms with E-state index in [0.717, 1.165) is 7.11 Å². The number of esters is 1. The Labute approximate surface area is 160 Å². The number of carboxylic acids is 2. The Morgan fingerprint density at radius 3 is 1.67 bits per heavy atom. The van der Waals surface area contributed by atoms with Crippen LogP contribution in [0.3, 0.4) is 0 Å². The quantitative estimate of drug-likeness (QED) is 0.217. The van der Waals surface area contributed by atoms with E-state index in [1.54, 1.807) is 0 Å². The highest BCUT2D eigenvalue weighted by Crippen LogP contribution is 2.25. The van der Waals surface area contributed by atoms with Crippen molar-refractivity contribution in [1.29, 1.82) is 0 Å². The van der Waals surface area contributed by atoms with Gasteiger partial charge in [0.2, 0.25) is 0 Å². The van der Waals surface area contributed by atoms with Crippen LogP contribution in [0.5, 0.6) is 0 Å². The monoisotopic (exact) mass is 410 g/mol. The number of aliphatic carboxylic acids is 2. The Balaban J connectivity index is 5.16. The van der Waals surface area contributed by atoms with Crippen molar-refractivity contribution in [3.8, 4) is 0 Å². The van der Waals surface area contributed by atoms with Gasteiger partial charge in [-0.1, -0.05) is 0 Å². The summed E-state index contributed by atoms with van der Waals surface area (Å²) in [6, 6.07) is 0.375. The second-order valence-electron chi connectivity index (χ2n) is 5.56. The Bertz CT molecular complexity index is 449. The maximum absolute atomic E-state index is 12.1. The average molecular weight is 410 g/mol. The van der Waals surface area contributed by atoms with Crippen LogP contribution >= 0.6 is 0 Å². The first-order valence-electron chi connectivity index (χ1n) is 8.78. The summed E-state index contributed by atoms with van der Waals surface area (Å²) in [5.74, 6) is -3.79. The van der Waals surface area contributed by atoms with E-state index in [9.17, 15) is 14.4 Å². The minimum atomic E-state index is -2.92. The maximum atomic E-state index is 12.1. The second kappa shape index (κ2) is 12.8. The molecular weight excluding hydrogens is 380 g/mol. The van der Waals surface area contributed by atoms with Gasteiger partial charge in [-0.3, -0.25) is 9.59 Å². The summed E-state index contributed by atoms with van der Waals surface area (Å²) in [5.41, 5.74) is -2.10. The number of ether oxygens (including phenoxy) is 2. The minimum Gasteiger partial charge on any atom is -0.481 e. The molecule has 0 unspecified atom stereocenters. The third-order valence-electron chi connectivity index (χ3n) is 3.53. The zero-order valence-corrected chi connectivity index (χ0v) is 17.3. The Hall–Kier alpha value is -1.53. The van der Waals surface area contributed by atoms with Crippen LogP contribution in [0.15, 0.2) is 0 Å². The van der Waals surface area contributed by atoms with Crippen LogP contribution in [0, 0.1) is 0 Å². The topological polar surface area (TPSA) is 138 Å². The van der Waals surface area contributed by atoms with Gasteiger partial charge in [-0.05, 0) is 27.2 Å². The van der Waals surface area contributed by atoms with Crippen molar-refractivity contribution in [1.82, 2.24) is 0 Å². The van der Waals surface area contributed by atoms with Gasteiger partial charge in [0.25, 0.3) is 0 Å². The van der Waals surface area contributed by atoms with Crippen molar-refractivity contribution in [2.75, 3.05) is 33.5 Å². The molecule has 0 rings (SSSR count). The van der Waals surface area contributed by atoms with E-state index in [0.29, 0.717) is 32.3 Å². The fraction of sp³-hybridized carbons (Fsp3) is 0.812. The molecule has 0 amide bonds. The minimum absolute atomic E-state index is 0.0857. The molecule has 0 spiro atoms. The van der Waals surface area contributed by atoms with Crippen LogP contribution in [0.25, 0.3) is 0 Å². The summed E-state index contributed by atoms with van der Waals surface area (Å²) in [6.45, 7) is 6.57. The van der Waals surface area contributed by atoms with Gasteiger partial charge >= 0.3 is 26.7 Å². The smallest absolute Gasteiger partial charge is 0.481 e. The molecule has 0 aromatic heterocycles. The van der Waals surface area contributed by atoms with Gasteiger partial charge in [-0.15, -0.1) is 0 Å². The standard InChI is InChI=1S/C16H30O10Si/c1-5-24-27(25-6-2,26-7-3)10-8-9-23-16(11-13(17)18,12-14(19)20)15(21)22-4/h5-12H2,1-4H3,(H,17,18)(H,19,20). The first kappa shape index (κ1) is 25.5. The van der Waals surface area contributed by atoms with Crippen molar-refractivity contribution in [3.05, 3.63) is 0 Å². The number of carboxylic acid groups (broad SMARTS) is 2. The molecule has 10 nitrogen and oxygen atoms in total. The van der Waals surface area contributed by atoms with Gasteiger partial charge in [0.05, 0.1) is 20.0 Å². The maximum Gasteiger partial charge on any atom is 0.501 e. The average Bonchev–Trinajstić information content (AvgIpc) is 2.57. The molecule has 0 atom stereocenters. The van der Waals surface area contributed by atoms with Crippen LogP contribution in [-0.2, 0) is 37.1 Å². The number of carbonyl (C=O) groups is 3. The van der Waals surface area contributed by atoms with Crippen LogP contribution in [0.4, 0.5) is 0 Å². The van der Waals surface area contributed by atoms with E-state index >= 15 is 0 Å². The van der Waals surface area contributed by atoms with E-state index in [2.05, 4.69) is 4.74 Å². The van der Waals surface area contributed by atoms with E-state index < -0.39 is 45.2 Å². The number of hydrogen-bond donors (Lipinski definition) is 2. The zero-order chi connectivity index (χ0) is 20.9. The van der Waals surface area contributed by atoms with Crippen LogP contribution in [0.2, 0.25) is 6.04 Å². The third kappa shape index (κ3) is 8.80. The highest BCUT2D eigenvalue weighted by molar-refractivity contribution is 6.60. The Morgan fingerprint density at radius 1 is 0.889 bits per heavy atom. The van der Waals surface area contributed by atoms with Gasteiger partial charge in [0, 0.05) is 32.5 Å². The van der Waals surface area contributed by atoms with Crippen molar-refractivity contribution in [2.24, 2.45) is 0 Å². The van der Waals surface area contributed by atoms with Crippen molar-refractivity contribution < 1.29 is 47.3 Å². The number of hydrogen-bond acceptors (Lipinski definition) is 8. The molecule has 0 heterocycles. The van der Waals surface area contributed by atoms with Crippen LogP contribution in [-0.4, -0.2) is 76.1 Å². The summed E-state index contributed by atoms with van der Waals surface area (Å²) in [6.07, 6.45) is -1.32. The zero-order valence-electron chi connectivity index (χ0n) is 16.3. The highest BCUT2D eigenvalue weighted by Gasteiger charge is 2.46. The molecule has 0 aliphatic rings. The molecule has 0 bridgehead atoms. The van der Waals surface area contributed by atoms with Gasteiger partial charge in [0.1, 0.15) is 0 Å². The fourth-order valence-corrected chi connectivity index (χ4v) is 5.18. The summed E-state index contributed by atoms with van der Waals surface area (Å²) in [7, 11) is -1.88. The molecule has 27 heavy (non-hydrogen) atoms. The van der Waals surface area contributed by atoms with Crippen molar-refractivity contribution >= 4 is 26.7 Å². The van der Waals surface area contributed by atoms with E-state index in [-0.39, 0.29) is 6.61 Å². The predicted molar refractivity (Wildman–Crippen MR) is 95.3 cm³/mol. The van der Waals surface area contributed by atoms with Crippen LogP contribution in [0.1, 0.15) is 40.0 Å². The second-order valence-corrected chi connectivity index (χ2v) is 8.29. The molecule has 0 aliphatic heterocycles. The third-order valence-corrected chi connectivity index (χ3v) is 6.68. The lowest BCUT2D eigenvalue weighted by atomic mass is 9.95. The summed E-state index contributed by atoms with van der Waals surface area (Å²) in [5, 5.41) is 18.1. The SMILES string of the molecule is CCO[Si](CCCOC(CC(=O)O)(CC(=O)O)C(=O)OC)(OCC)OCC. The molecule has 0 radical (unpaired) electrons. The molecule has 0 fully saturated rings. The van der Waals surface area contributed by atoms with Crippen molar-refractivity contribution in [2.45, 2.75) is 51.7 Å². The molecule has 2 N–H and O–H groups in total. The first-order chi connectivity index (χ1) is 12.7. The lowest BCUT2D eigenvalue weighted by Crippen LogP contribution is -2.48. The summed E-state index contributed by atoms with van der Waals surface area (Å²) < 4.78 is 27.1. The van der Waals surface area contributed by atoms with Gasteiger partial charge in [-0.25, -0.2) is 4.79 Å². The Kier molecular flexibility index (Phi) is 12.1. The molecule has 158 valence electrons. The normalized spacial score (nSPS) is 12.0. The lowest BCUT2D eigenvalue weighted by Gasteiger charge is -2.30. The number of carbonyl (C=O) groups excluding carboxylic acids is 1. The molecular formula is C16H30O10Si. The summed E-state index contributed by atoms with van der Waals surface area (Å²) >= 11 is 0. The van der Waals surface area contributed by atoms with Gasteiger partial charge < -0.3 is 33.0 Å². The molecule has 0 aromatic carbocycles. The van der Waals surface area contributed by atoms with E-state index in [1.165, 1.54) is 0 Å². The fourth-order valence-electron chi connectivity index (χ4n) is 2.60. The van der Waals surface area contributed by atoms with E-state index in [4.69, 9.17) is 28.2 Å². The summed E-state index contributed by atoms with van der Waals surface area (Å²) in [4.78, 5) is 34.3. The molecule has 0 saturated heterocycles. The number of rotatable bonds is 16. The van der Waals surface area contributed by atoms with Gasteiger partial charge in [0.15, 0.2) is 5.60 Å². The molecule has 0 aliphatic carbocycles. The van der Waals surface area contributed by atoms with E-state index in [1.807, 2.05) is 20.8 Å².